The highest BCUT2D eigenvalue weighted by Gasteiger charge is 2.48. The summed E-state index contributed by atoms with van der Waals surface area (Å²) in [5.41, 5.74) is 1.93. The van der Waals surface area contributed by atoms with Gasteiger partial charge in [-0.15, -0.1) is 0 Å². The fraction of sp³-hybridized carbons (Fsp3) is 0.625. The van der Waals surface area contributed by atoms with Gasteiger partial charge in [0.25, 0.3) is 0 Å². The lowest BCUT2D eigenvalue weighted by atomic mass is 9.97. The van der Waals surface area contributed by atoms with Gasteiger partial charge in [-0.1, -0.05) is 37.3 Å². The number of rotatable bonds is 3. The summed E-state index contributed by atoms with van der Waals surface area (Å²) in [6.07, 6.45) is 3.97. The van der Waals surface area contributed by atoms with Crippen molar-refractivity contribution in [2.24, 2.45) is 0 Å². The van der Waals surface area contributed by atoms with Gasteiger partial charge >= 0.3 is 0 Å². The zero-order valence-electron chi connectivity index (χ0n) is 11.5. The minimum atomic E-state index is 0.468. The number of hydrogen-bond donors (Lipinski definition) is 1. The standard InChI is InChI=1S/C16H24N2/c1-3-14-12-18(16(2)9-10-16)15(11-17-14)13-7-5-4-6-8-13/h4-8,14-15,17H,3,9-12H2,1-2H3. The van der Waals surface area contributed by atoms with Crippen LogP contribution in [0.5, 0.6) is 0 Å². The van der Waals surface area contributed by atoms with Gasteiger partial charge in [-0.2, -0.15) is 0 Å². The van der Waals surface area contributed by atoms with Gasteiger partial charge in [-0.3, -0.25) is 4.90 Å². The third kappa shape index (κ3) is 2.19. The van der Waals surface area contributed by atoms with Gasteiger partial charge in [0.2, 0.25) is 0 Å². The molecule has 2 nitrogen and oxygen atoms in total. The molecule has 98 valence electrons. The summed E-state index contributed by atoms with van der Waals surface area (Å²) in [6.45, 7) is 7.01. The molecule has 0 aromatic heterocycles. The van der Waals surface area contributed by atoms with Gasteiger partial charge in [-0.25, -0.2) is 0 Å². The Morgan fingerprint density at radius 1 is 1.28 bits per heavy atom. The van der Waals surface area contributed by atoms with E-state index in [4.69, 9.17) is 0 Å². The molecule has 3 rings (SSSR count). The van der Waals surface area contributed by atoms with Crippen molar-refractivity contribution in [1.29, 1.82) is 0 Å². The maximum absolute atomic E-state index is 3.71. The van der Waals surface area contributed by atoms with Gasteiger partial charge in [0.15, 0.2) is 0 Å². The van der Waals surface area contributed by atoms with E-state index in [1.54, 1.807) is 0 Å². The topological polar surface area (TPSA) is 15.3 Å². The summed E-state index contributed by atoms with van der Waals surface area (Å²) in [5, 5.41) is 3.71. The Balaban J connectivity index is 1.84. The van der Waals surface area contributed by atoms with E-state index < -0.39 is 0 Å². The first-order valence-electron chi connectivity index (χ1n) is 7.28. The third-order valence-electron chi connectivity index (χ3n) is 4.74. The molecule has 1 aliphatic carbocycles. The highest BCUT2D eigenvalue weighted by molar-refractivity contribution is 5.22. The van der Waals surface area contributed by atoms with Crippen molar-refractivity contribution >= 4 is 0 Å². The maximum Gasteiger partial charge on any atom is 0.0478 e. The van der Waals surface area contributed by atoms with Gasteiger partial charge in [0.1, 0.15) is 0 Å². The predicted molar refractivity (Wildman–Crippen MR) is 75.6 cm³/mol. The first-order valence-corrected chi connectivity index (χ1v) is 7.28. The molecule has 1 aromatic rings. The van der Waals surface area contributed by atoms with E-state index in [1.807, 2.05) is 0 Å². The second-order valence-electron chi connectivity index (χ2n) is 6.09. The molecule has 1 N–H and O–H groups in total. The molecule has 1 aromatic carbocycles. The normalized spacial score (nSPS) is 31.2. The summed E-state index contributed by atoms with van der Waals surface area (Å²) in [7, 11) is 0. The van der Waals surface area contributed by atoms with Crippen LogP contribution >= 0.6 is 0 Å². The minimum absolute atomic E-state index is 0.468. The second-order valence-corrected chi connectivity index (χ2v) is 6.09. The van der Waals surface area contributed by atoms with Gasteiger partial charge in [0, 0.05) is 30.7 Å². The molecule has 2 aliphatic rings. The molecular formula is C16H24N2. The lowest BCUT2D eigenvalue weighted by Gasteiger charge is -2.44. The van der Waals surface area contributed by atoms with Crippen LogP contribution in [-0.4, -0.2) is 29.6 Å². The van der Waals surface area contributed by atoms with Crippen molar-refractivity contribution in [3.8, 4) is 0 Å². The molecule has 18 heavy (non-hydrogen) atoms. The van der Waals surface area contributed by atoms with Gasteiger partial charge in [-0.05, 0) is 31.7 Å². The minimum Gasteiger partial charge on any atom is -0.311 e. The average Bonchev–Trinajstić information content (AvgIpc) is 3.18. The quantitative estimate of drug-likeness (QED) is 0.879. The van der Waals surface area contributed by atoms with E-state index in [9.17, 15) is 0 Å². The van der Waals surface area contributed by atoms with Crippen LogP contribution in [0.2, 0.25) is 0 Å². The largest absolute Gasteiger partial charge is 0.311 e. The lowest BCUT2D eigenvalue weighted by Crippen LogP contribution is -2.55. The Morgan fingerprint density at radius 3 is 2.61 bits per heavy atom. The molecule has 2 fully saturated rings. The smallest absolute Gasteiger partial charge is 0.0478 e. The summed E-state index contributed by atoms with van der Waals surface area (Å²) in [4.78, 5) is 2.76. The number of nitrogens with one attached hydrogen (secondary N) is 1. The van der Waals surface area contributed by atoms with Crippen LogP contribution in [0.25, 0.3) is 0 Å². The van der Waals surface area contributed by atoms with E-state index in [2.05, 4.69) is 54.4 Å². The third-order valence-corrected chi connectivity index (χ3v) is 4.74. The molecule has 1 aliphatic heterocycles. The molecule has 2 atom stereocenters. The van der Waals surface area contributed by atoms with Crippen molar-refractivity contribution in [2.45, 2.75) is 50.7 Å². The van der Waals surface area contributed by atoms with Crippen molar-refractivity contribution < 1.29 is 0 Å². The van der Waals surface area contributed by atoms with Crippen LogP contribution in [0.3, 0.4) is 0 Å². The number of nitrogens with zero attached hydrogens (tertiary/aromatic N) is 1. The first kappa shape index (κ1) is 12.2. The lowest BCUT2D eigenvalue weighted by molar-refractivity contribution is 0.0746. The number of benzene rings is 1. The predicted octanol–water partition coefficient (Wildman–Crippen LogP) is 2.96. The zero-order chi connectivity index (χ0) is 12.6. The molecule has 0 bridgehead atoms. The summed E-state index contributed by atoms with van der Waals surface area (Å²) < 4.78 is 0. The van der Waals surface area contributed by atoms with Crippen molar-refractivity contribution in [3.63, 3.8) is 0 Å². The van der Waals surface area contributed by atoms with Crippen molar-refractivity contribution in [1.82, 2.24) is 10.2 Å². The molecule has 1 heterocycles. The van der Waals surface area contributed by atoms with Gasteiger partial charge in [0.05, 0.1) is 0 Å². The highest BCUT2D eigenvalue weighted by atomic mass is 15.3. The summed E-state index contributed by atoms with van der Waals surface area (Å²) >= 11 is 0. The number of piperazine rings is 1. The van der Waals surface area contributed by atoms with E-state index in [0.717, 1.165) is 6.54 Å². The van der Waals surface area contributed by atoms with Crippen LogP contribution in [-0.2, 0) is 0 Å². The van der Waals surface area contributed by atoms with Crippen molar-refractivity contribution in [3.05, 3.63) is 35.9 Å². The van der Waals surface area contributed by atoms with Crippen LogP contribution in [0.1, 0.15) is 44.7 Å². The zero-order valence-corrected chi connectivity index (χ0v) is 11.5. The maximum atomic E-state index is 3.71. The summed E-state index contributed by atoms with van der Waals surface area (Å²) in [5.74, 6) is 0. The van der Waals surface area contributed by atoms with Crippen molar-refractivity contribution in [2.75, 3.05) is 13.1 Å². The molecule has 1 saturated heterocycles. The number of hydrogen-bond acceptors (Lipinski definition) is 2. The molecule has 2 unspecified atom stereocenters. The average molecular weight is 244 g/mol. The molecule has 0 amide bonds. The second kappa shape index (κ2) is 4.67. The SMILES string of the molecule is CCC1CN(C2(C)CC2)C(c2ccccc2)CN1. The van der Waals surface area contributed by atoms with Crippen LogP contribution < -0.4 is 5.32 Å². The fourth-order valence-electron chi connectivity index (χ4n) is 3.13. The van der Waals surface area contributed by atoms with Crippen LogP contribution in [0.15, 0.2) is 30.3 Å². The molecular weight excluding hydrogens is 220 g/mol. The van der Waals surface area contributed by atoms with Gasteiger partial charge < -0.3 is 5.32 Å². The Labute approximate surface area is 110 Å². The van der Waals surface area contributed by atoms with E-state index in [-0.39, 0.29) is 0 Å². The van der Waals surface area contributed by atoms with E-state index in [1.165, 1.54) is 31.4 Å². The molecule has 0 radical (unpaired) electrons. The van der Waals surface area contributed by atoms with Crippen LogP contribution in [0.4, 0.5) is 0 Å². The monoisotopic (exact) mass is 244 g/mol. The Morgan fingerprint density at radius 2 is 2.00 bits per heavy atom. The summed E-state index contributed by atoms with van der Waals surface area (Å²) in [6, 6.07) is 12.2. The van der Waals surface area contributed by atoms with E-state index >= 15 is 0 Å². The Bertz CT molecular complexity index is 397. The fourth-order valence-corrected chi connectivity index (χ4v) is 3.13. The van der Waals surface area contributed by atoms with E-state index in [0.29, 0.717) is 17.6 Å². The first-order chi connectivity index (χ1) is 8.73. The molecule has 1 saturated carbocycles. The Kier molecular flexibility index (Phi) is 3.16. The molecule has 2 heteroatoms. The van der Waals surface area contributed by atoms with Crippen LogP contribution in [0, 0.1) is 0 Å². The molecule has 0 spiro atoms. The Hall–Kier alpha value is -0.860. The highest BCUT2D eigenvalue weighted by Crippen LogP contribution is 2.46.